The number of hydrogen-bond acceptors (Lipinski definition) is 6. The van der Waals surface area contributed by atoms with Crippen LogP contribution in [0.3, 0.4) is 0 Å². The molecule has 7 nitrogen and oxygen atoms in total. The summed E-state index contributed by atoms with van der Waals surface area (Å²) in [7, 11) is -4.24. The Balaban J connectivity index is 2.52. The Hall–Kier alpha value is -1.77. The Labute approximate surface area is 146 Å². The van der Waals surface area contributed by atoms with Crippen LogP contribution in [0.25, 0.3) is 0 Å². The van der Waals surface area contributed by atoms with Crippen LogP contribution in [0.5, 0.6) is 0 Å². The summed E-state index contributed by atoms with van der Waals surface area (Å²) in [5.74, 6) is -1.12. The highest BCUT2D eigenvalue weighted by Crippen LogP contribution is 2.35. The number of nitrogens with one attached hydrogen (secondary N) is 1. The summed E-state index contributed by atoms with van der Waals surface area (Å²) in [6, 6.07) is 1.59. The molecule has 1 N–H and O–H groups in total. The van der Waals surface area contributed by atoms with E-state index in [1.807, 2.05) is 0 Å². The lowest BCUT2D eigenvalue weighted by Gasteiger charge is -2.14. The molecule has 0 amide bonds. The molecule has 1 aromatic rings. The first-order valence-electron chi connectivity index (χ1n) is 7.00. The molecule has 2 heterocycles. The summed E-state index contributed by atoms with van der Waals surface area (Å²) in [5, 5.41) is 12.1. The standard InChI is InChI=1S/C13H14ClF3N4O3S/c1-3-21-9(5-18)8(11(19-21)13(15,16)17)6-25(22,23)10-4-12(2,7-14)24-20-10/h4,20H,3,6-7H2,1-2H3. The topological polar surface area (TPSA) is 97.0 Å². The Bertz CT molecular complexity index is 857. The third-order valence-corrected chi connectivity index (χ3v) is 5.55. The molecule has 1 aliphatic rings. The van der Waals surface area contributed by atoms with E-state index < -0.39 is 49.3 Å². The Kier molecular flexibility index (Phi) is 5.09. The molecule has 0 aromatic carbocycles. The van der Waals surface area contributed by atoms with Gasteiger partial charge >= 0.3 is 6.18 Å². The number of aryl methyl sites for hydroxylation is 1. The third kappa shape index (κ3) is 3.75. The fourth-order valence-corrected chi connectivity index (χ4v) is 3.75. The van der Waals surface area contributed by atoms with Crippen LogP contribution < -0.4 is 5.48 Å². The number of nitrogens with zero attached hydrogens (tertiary/aromatic N) is 3. The summed E-state index contributed by atoms with van der Waals surface area (Å²) in [6.45, 7) is 2.99. The van der Waals surface area contributed by atoms with Crippen molar-refractivity contribution in [3.8, 4) is 6.07 Å². The van der Waals surface area contributed by atoms with Gasteiger partial charge in [-0.25, -0.2) is 8.42 Å². The highest BCUT2D eigenvalue weighted by Gasteiger charge is 2.42. The van der Waals surface area contributed by atoms with Gasteiger partial charge in [0.25, 0.3) is 0 Å². The van der Waals surface area contributed by atoms with Crippen LogP contribution in [0.1, 0.15) is 30.8 Å². The van der Waals surface area contributed by atoms with Gasteiger partial charge in [-0.1, -0.05) is 0 Å². The second-order valence-corrected chi connectivity index (χ2v) is 7.74. The number of hydrogen-bond donors (Lipinski definition) is 1. The molecule has 0 spiro atoms. The number of hydroxylamine groups is 1. The minimum atomic E-state index is -4.89. The molecule has 25 heavy (non-hydrogen) atoms. The SMILES string of the molecule is CCn1nc(C(F)(F)F)c(CS(=O)(=O)C2=CC(C)(CCl)ON2)c1C#N. The molecule has 0 radical (unpaired) electrons. The van der Waals surface area contributed by atoms with Gasteiger partial charge in [0.15, 0.2) is 20.6 Å². The maximum Gasteiger partial charge on any atom is 0.435 e. The smallest absolute Gasteiger partial charge is 0.264 e. The predicted molar refractivity (Wildman–Crippen MR) is 81.7 cm³/mol. The summed E-state index contributed by atoms with van der Waals surface area (Å²) < 4.78 is 65.4. The second-order valence-electron chi connectivity index (χ2n) is 5.52. The lowest BCUT2D eigenvalue weighted by Crippen LogP contribution is -2.27. The van der Waals surface area contributed by atoms with Crippen LogP contribution in [0.4, 0.5) is 13.2 Å². The molecule has 1 atom stereocenters. The maximum atomic E-state index is 13.2. The zero-order chi connectivity index (χ0) is 19.0. The van der Waals surface area contributed by atoms with Crippen LogP contribution in [0.2, 0.25) is 0 Å². The van der Waals surface area contributed by atoms with Gasteiger partial charge < -0.3 is 0 Å². The van der Waals surface area contributed by atoms with Gasteiger partial charge in [0.2, 0.25) is 0 Å². The molecule has 0 fully saturated rings. The van der Waals surface area contributed by atoms with Gasteiger partial charge in [-0.05, 0) is 19.9 Å². The van der Waals surface area contributed by atoms with Crippen LogP contribution in [0, 0.1) is 11.3 Å². The largest absolute Gasteiger partial charge is 0.435 e. The molecule has 0 saturated heterocycles. The highest BCUT2D eigenvalue weighted by atomic mass is 35.5. The molecule has 1 unspecified atom stereocenters. The summed E-state index contributed by atoms with van der Waals surface area (Å²) in [6.07, 6.45) is -3.71. The molecule has 0 bridgehead atoms. The third-order valence-electron chi connectivity index (χ3n) is 3.48. The normalized spacial score (nSPS) is 20.9. The molecule has 0 saturated carbocycles. The first kappa shape index (κ1) is 19.6. The number of sulfone groups is 1. The molecule has 12 heteroatoms. The lowest BCUT2D eigenvalue weighted by molar-refractivity contribution is -0.142. The monoisotopic (exact) mass is 398 g/mol. The number of halogens is 4. The zero-order valence-electron chi connectivity index (χ0n) is 13.2. The van der Waals surface area contributed by atoms with Gasteiger partial charge in [0.05, 0.1) is 11.6 Å². The van der Waals surface area contributed by atoms with E-state index in [0.29, 0.717) is 0 Å². The fraction of sp³-hybridized carbons (Fsp3) is 0.538. The Morgan fingerprint density at radius 1 is 1.52 bits per heavy atom. The van der Waals surface area contributed by atoms with Gasteiger partial charge in [0.1, 0.15) is 17.4 Å². The summed E-state index contributed by atoms with van der Waals surface area (Å²) in [4.78, 5) is 5.04. The van der Waals surface area contributed by atoms with Crippen molar-refractivity contribution in [2.75, 3.05) is 5.88 Å². The van der Waals surface area contributed by atoms with Gasteiger partial charge in [-0.2, -0.15) is 23.5 Å². The van der Waals surface area contributed by atoms with E-state index in [2.05, 4.69) is 10.6 Å². The van der Waals surface area contributed by atoms with Crippen LogP contribution in [-0.4, -0.2) is 29.7 Å². The predicted octanol–water partition coefficient (Wildman–Crippen LogP) is 2.08. The molecule has 138 valence electrons. The molecule has 2 rings (SSSR count). The number of rotatable bonds is 5. The van der Waals surface area contributed by atoms with E-state index in [-0.39, 0.29) is 12.4 Å². The van der Waals surface area contributed by atoms with Crippen molar-refractivity contribution >= 4 is 21.4 Å². The van der Waals surface area contributed by atoms with E-state index in [1.165, 1.54) is 19.9 Å². The van der Waals surface area contributed by atoms with Crippen LogP contribution >= 0.6 is 11.6 Å². The highest BCUT2D eigenvalue weighted by molar-refractivity contribution is 7.94. The van der Waals surface area contributed by atoms with Gasteiger partial charge in [-0.3, -0.25) is 15.0 Å². The second kappa shape index (κ2) is 6.51. The van der Waals surface area contributed by atoms with Crippen LogP contribution in [-0.2, 0) is 33.1 Å². The van der Waals surface area contributed by atoms with Crippen molar-refractivity contribution in [1.29, 1.82) is 5.26 Å². The average Bonchev–Trinajstić information content (AvgIpc) is 3.08. The van der Waals surface area contributed by atoms with Crippen molar-refractivity contribution in [2.24, 2.45) is 0 Å². The molecular weight excluding hydrogens is 385 g/mol. The Morgan fingerprint density at radius 3 is 2.60 bits per heavy atom. The quantitative estimate of drug-likeness (QED) is 0.763. The van der Waals surface area contributed by atoms with E-state index >= 15 is 0 Å². The van der Waals surface area contributed by atoms with Gasteiger partial charge in [0, 0.05) is 12.1 Å². The van der Waals surface area contributed by atoms with Crippen LogP contribution in [0.15, 0.2) is 11.1 Å². The van der Waals surface area contributed by atoms with E-state index in [4.69, 9.17) is 21.7 Å². The molecular formula is C13H14ClF3N4O3S. The first-order chi connectivity index (χ1) is 11.5. The van der Waals surface area contributed by atoms with E-state index in [9.17, 15) is 21.6 Å². The zero-order valence-corrected chi connectivity index (χ0v) is 14.8. The van der Waals surface area contributed by atoms with Crippen molar-refractivity contribution < 1.29 is 26.4 Å². The average molecular weight is 399 g/mol. The van der Waals surface area contributed by atoms with Crippen molar-refractivity contribution in [3.05, 3.63) is 28.1 Å². The number of alkyl halides is 4. The number of nitriles is 1. The van der Waals surface area contributed by atoms with Crippen molar-refractivity contribution in [3.63, 3.8) is 0 Å². The molecule has 1 aliphatic heterocycles. The number of aromatic nitrogens is 2. The van der Waals surface area contributed by atoms with Crippen molar-refractivity contribution in [1.82, 2.24) is 15.3 Å². The van der Waals surface area contributed by atoms with E-state index in [1.54, 1.807) is 6.07 Å². The first-order valence-corrected chi connectivity index (χ1v) is 9.18. The summed E-state index contributed by atoms with van der Waals surface area (Å²) >= 11 is 5.67. The maximum absolute atomic E-state index is 13.2. The van der Waals surface area contributed by atoms with Gasteiger partial charge in [-0.15, -0.1) is 11.6 Å². The minimum Gasteiger partial charge on any atom is -0.264 e. The minimum absolute atomic E-state index is 0.0135. The molecule has 1 aromatic heterocycles. The molecule has 0 aliphatic carbocycles. The fourth-order valence-electron chi connectivity index (χ4n) is 2.21. The van der Waals surface area contributed by atoms with Crippen molar-refractivity contribution in [2.45, 2.75) is 37.9 Å². The lowest BCUT2D eigenvalue weighted by atomic mass is 10.1. The Morgan fingerprint density at radius 2 is 2.16 bits per heavy atom. The van der Waals surface area contributed by atoms with E-state index in [0.717, 1.165) is 4.68 Å². The summed E-state index contributed by atoms with van der Waals surface area (Å²) in [5.41, 5.74) is -1.47.